The van der Waals surface area contributed by atoms with Gasteiger partial charge in [0.2, 0.25) is 0 Å². The topological polar surface area (TPSA) is 97.2 Å². The Bertz CT molecular complexity index is 406. The van der Waals surface area contributed by atoms with Gasteiger partial charge in [0.1, 0.15) is 5.54 Å². The zero-order valence-corrected chi connectivity index (χ0v) is 9.45. The first-order valence-electron chi connectivity index (χ1n) is 4.95. The van der Waals surface area contributed by atoms with Crippen LogP contribution in [0.2, 0.25) is 0 Å². The molecule has 0 aliphatic rings. The summed E-state index contributed by atoms with van der Waals surface area (Å²) in [6.07, 6.45) is 0.402. The van der Waals surface area contributed by atoms with Gasteiger partial charge in [0.05, 0.1) is 0 Å². The van der Waals surface area contributed by atoms with E-state index in [9.17, 15) is 9.90 Å². The lowest BCUT2D eigenvalue weighted by Crippen LogP contribution is -2.75. The third-order valence-corrected chi connectivity index (χ3v) is 2.76. The molecule has 0 heterocycles. The average Bonchev–Trinajstić information content (AvgIpc) is 2.23. The molecule has 1 aromatic carbocycles. The van der Waals surface area contributed by atoms with Gasteiger partial charge in [-0.2, -0.15) is 5.43 Å². The highest BCUT2D eigenvalue weighted by molar-refractivity contribution is 5.85. The molecule has 0 fully saturated rings. The Labute approximate surface area is 93.9 Å². The number of benzene rings is 1. The van der Waals surface area contributed by atoms with Crippen LogP contribution in [0, 0.1) is 0 Å². The Morgan fingerprint density at radius 3 is 2.50 bits per heavy atom. The van der Waals surface area contributed by atoms with E-state index in [1.807, 2.05) is 0 Å². The lowest BCUT2D eigenvalue weighted by Gasteiger charge is -2.23. The quantitative estimate of drug-likeness (QED) is 0.419. The van der Waals surface area contributed by atoms with E-state index < -0.39 is 5.54 Å². The van der Waals surface area contributed by atoms with Crippen LogP contribution in [0.3, 0.4) is 0 Å². The van der Waals surface area contributed by atoms with E-state index in [1.54, 1.807) is 13.0 Å². The molecule has 0 amide bonds. The number of phenols is 2. The van der Waals surface area contributed by atoms with Gasteiger partial charge in [0.25, 0.3) is 0 Å². The Morgan fingerprint density at radius 2 is 2.06 bits per heavy atom. The summed E-state index contributed by atoms with van der Waals surface area (Å²) in [6.45, 7) is 3.23. The van der Waals surface area contributed by atoms with Crippen LogP contribution in [0.25, 0.3) is 0 Å². The molecule has 5 nitrogen and oxygen atoms in total. The first kappa shape index (κ1) is 12.5. The fourth-order valence-corrected chi connectivity index (χ4v) is 1.40. The van der Waals surface area contributed by atoms with Gasteiger partial charge in [-0.1, -0.05) is 6.07 Å². The van der Waals surface area contributed by atoms with Gasteiger partial charge in [-0.15, -0.1) is 0 Å². The monoisotopic (exact) mass is 225 g/mol. The van der Waals surface area contributed by atoms with Crippen molar-refractivity contribution in [3.05, 3.63) is 23.8 Å². The van der Waals surface area contributed by atoms with Gasteiger partial charge in [0, 0.05) is 6.42 Å². The predicted molar refractivity (Wildman–Crippen MR) is 58.6 cm³/mol. The molecular formula is C11H17N2O3+. The number of carbonyl (C=O) groups excluding carboxylic acids is 1. The summed E-state index contributed by atoms with van der Waals surface area (Å²) in [7, 11) is 0. The third kappa shape index (κ3) is 2.50. The van der Waals surface area contributed by atoms with Crippen LogP contribution in [-0.2, 0) is 11.2 Å². The van der Waals surface area contributed by atoms with Gasteiger partial charge >= 0.3 is 0 Å². The first-order valence-corrected chi connectivity index (χ1v) is 4.95. The Balaban J connectivity index is 2.95. The molecule has 0 aliphatic heterocycles. The standard InChI is InChI=1S/C11H16N2O3/c1-7(14)11(2,13-12)6-8-3-4-9(15)10(16)5-8/h3-5,13,15-16H,6,12H2,1-2H3/p+1/t11-/m0/s1. The van der Waals surface area contributed by atoms with Crippen molar-refractivity contribution in [1.82, 2.24) is 5.43 Å². The summed E-state index contributed by atoms with van der Waals surface area (Å²) >= 11 is 0. The summed E-state index contributed by atoms with van der Waals surface area (Å²) in [5.74, 6) is 3.14. The molecule has 0 radical (unpaired) electrons. The molecule has 0 saturated carbocycles. The van der Waals surface area contributed by atoms with E-state index in [1.165, 1.54) is 19.1 Å². The number of rotatable bonds is 4. The highest BCUT2D eigenvalue weighted by Gasteiger charge is 2.30. The second-order valence-electron chi connectivity index (χ2n) is 4.06. The van der Waals surface area contributed by atoms with Crippen LogP contribution in [0.1, 0.15) is 19.4 Å². The number of hydrogen-bond acceptors (Lipinski definition) is 4. The molecule has 88 valence electrons. The Kier molecular flexibility index (Phi) is 3.51. The molecule has 0 unspecified atom stereocenters. The molecule has 0 aromatic heterocycles. The lowest BCUT2D eigenvalue weighted by molar-refractivity contribution is -0.458. The van der Waals surface area contributed by atoms with Crippen LogP contribution in [0.15, 0.2) is 18.2 Å². The minimum absolute atomic E-state index is 0.0323. The van der Waals surface area contributed by atoms with Crippen molar-refractivity contribution >= 4 is 5.78 Å². The molecule has 1 aromatic rings. The van der Waals surface area contributed by atoms with Crippen molar-refractivity contribution in [2.24, 2.45) is 0 Å². The normalized spacial score (nSPS) is 14.4. The maximum atomic E-state index is 11.4. The number of nitrogens with one attached hydrogen (secondary N) is 1. The number of phenolic OH excluding ortho intramolecular Hbond substituents is 2. The van der Waals surface area contributed by atoms with Crippen LogP contribution < -0.4 is 11.3 Å². The molecule has 1 atom stereocenters. The van der Waals surface area contributed by atoms with E-state index in [0.717, 1.165) is 5.56 Å². The smallest absolute Gasteiger partial charge is 0.157 e. The van der Waals surface area contributed by atoms with Crippen molar-refractivity contribution in [3.8, 4) is 11.5 Å². The number of hydrogen-bond donors (Lipinski definition) is 4. The Hall–Kier alpha value is -1.59. The summed E-state index contributed by atoms with van der Waals surface area (Å²) in [5.41, 5.74) is 2.71. The maximum Gasteiger partial charge on any atom is 0.157 e. The fourth-order valence-electron chi connectivity index (χ4n) is 1.40. The van der Waals surface area contributed by atoms with Gasteiger partial charge in [0.15, 0.2) is 17.3 Å². The van der Waals surface area contributed by atoms with Crippen molar-refractivity contribution in [2.45, 2.75) is 25.8 Å². The lowest BCUT2D eigenvalue weighted by atomic mass is 9.90. The molecule has 1 rings (SSSR count). The largest absolute Gasteiger partial charge is 0.504 e. The van der Waals surface area contributed by atoms with E-state index in [4.69, 9.17) is 5.11 Å². The summed E-state index contributed by atoms with van der Waals surface area (Å²) in [5, 5.41) is 18.5. The van der Waals surface area contributed by atoms with E-state index in [2.05, 4.69) is 11.3 Å². The summed E-state index contributed by atoms with van der Waals surface area (Å²) in [6, 6.07) is 4.50. The molecule has 0 aliphatic carbocycles. The molecule has 16 heavy (non-hydrogen) atoms. The highest BCUT2D eigenvalue weighted by Crippen LogP contribution is 2.26. The van der Waals surface area contributed by atoms with Crippen molar-refractivity contribution in [1.29, 1.82) is 0 Å². The van der Waals surface area contributed by atoms with Crippen molar-refractivity contribution < 1.29 is 20.9 Å². The SMILES string of the molecule is CC(=O)[C@](C)(Cc1ccc(O)c(O)c1)N[NH3+]. The molecule has 0 spiro atoms. The number of Topliss-reactive ketones (excluding diaryl/α,β-unsaturated/α-hetero) is 1. The zero-order valence-electron chi connectivity index (χ0n) is 9.45. The van der Waals surface area contributed by atoms with Gasteiger partial charge < -0.3 is 10.2 Å². The number of ketones is 1. The minimum Gasteiger partial charge on any atom is -0.504 e. The summed E-state index contributed by atoms with van der Waals surface area (Å²) in [4.78, 5) is 11.4. The third-order valence-electron chi connectivity index (χ3n) is 2.76. The molecule has 5 heteroatoms. The Morgan fingerprint density at radius 1 is 1.44 bits per heavy atom. The molecular weight excluding hydrogens is 208 g/mol. The van der Waals surface area contributed by atoms with Crippen molar-refractivity contribution in [2.75, 3.05) is 0 Å². The van der Waals surface area contributed by atoms with Crippen LogP contribution >= 0.6 is 0 Å². The van der Waals surface area contributed by atoms with E-state index in [-0.39, 0.29) is 17.3 Å². The van der Waals surface area contributed by atoms with Crippen LogP contribution in [0.5, 0.6) is 11.5 Å². The summed E-state index contributed by atoms with van der Waals surface area (Å²) < 4.78 is 0. The van der Waals surface area contributed by atoms with Crippen molar-refractivity contribution in [3.63, 3.8) is 0 Å². The van der Waals surface area contributed by atoms with Gasteiger partial charge in [-0.25, -0.2) is 0 Å². The molecule has 0 saturated heterocycles. The predicted octanol–water partition coefficient (Wildman–Crippen LogP) is -0.266. The highest BCUT2D eigenvalue weighted by atomic mass is 16.3. The van der Waals surface area contributed by atoms with Gasteiger partial charge in [-0.3, -0.25) is 10.6 Å². The number of carbonyl (C=O) groups is 1. The second kappa shape index (κ2) is 4.51. The zero-order chi connectivity index (χ0) is 12.3. The van der Waals surface area contributed by atoms with Crippen LogP contribution in [0.4, 0.5) is 0 Å². The average molecular weight is 225 g/mol. The molecule has 0 bridgehead atoms. The van der Waals surface area contributed by atoms with E-state index >= 15 is 0 Å². The minimum atomic E-state index is -0.761. The number of quaternary nitrogens is 1. The molecule has 6 N–H and O–H groups in total. The van der Waals surface area contributed by atoms with Crippen LogP contribution in [-0.4, -0.2) is 21.5 Å². The first-order chi connectivity index (χ1) is 7.39. The fraction of sp³-hybridized carbons (Fsp3) is 0.364. The number of aromatic hydroxyl groups is 2. The maximum absolute atomic E-state index is 11.4. The second-order valence-corrected chi connectivity index (χ2v) is 4.06. The van der Waals surface area contributed by atoms with Gasteiger partial charge in [-0.05, 0) is 31.5 Å². The van der Waals surface area contributed by atoms with E-state index in [0.29, 0.717) is 6.42 Å².